The van der Waals surface area contributed by atoms with Gasteiger partial charge in [0.1, 0.15) is 11.6 Å². The second-order valence-corrected chi connectivity index (χ2v) is 7.90. The number of rotatable bonds is 5. The van der Waals surface area contributed by atoms with Crippen molar-refractivity contribution in [2.24, 2.45) is 0 Å². The third-order valence-electron chi connectivity index (χ3n) is 4.13. The number of benzene rings is 2. The number of carbonyl (C=O) groups excluding carboxylic acids is 1. The molecular weight excluding hydrogens is 383 g/mol. The van der Waals surface area contributed by atoms with E-state index in [0.717, 1.165) is 0 Å². The summed E-state index contributed by atoms with van der Waals surface area (Å²) in [4.78, 5) is 15.5. The van der Waals surface area contributed by atoms with Crippen LogP contribution in [0.25, 0.3) is 0 Å². The molecule has 0 fully saturated rings. The maximum atomic E-state index is 13.2. The van der Waals surface area contributed by atoms with Crippen LogP contribution in [0.2, 0.25) is 0 Å². The fraction of sp³-hybridized carbons (Fsp3) is 0.0526. The van der Waals surface area contributed by atoms with Crippen molar-refractivity contribution in [1.82, 2.24) is 4.98 Å². The molecule has 142 valence electrons. The number of nitrogens with one attached hydrogen (secondary N) is 3. The van der Waals surface area contributed by atoms with Gasteiger partial charge in [-0.1, -0.05) is 6.07 Å². The molecule has 3 aromatic rings. The molecule has 2 aromatic carbocycles. The van der Waals surface area contributed by atoms with Crippen LogP contribution in [0.15, 0.2) is 65.7 Å². The highest BCUT2D eigenvalue weighted by atomic mass is 32.2. The summed E-state index contributed by atoms with van der Waals surface area (Å²) in [6, 6.07) is 13.5. The zero-order valence-electron chi connectivity index (χ0n) is 14.4. The van der Waals surface area contributed by atoms with E-state index in [9.17, 15) is 17.6 Å². The van der Waals surface area contributed by atoms with Crippen LogP contribution in [0, 0.1) is 5.82 Å². The molecule has 1 aliphatic rings. The van der Waals surface area contributed by atoms with E-state index >= 15 is 0 Å². The van der Waals surface area contributed by atoms with Gasteiger partial charge in [-0.15, -0.1) is 0 Å². The van der Waals surface area contributed by atoms with Gasteiger partial charge in [0.25, 0.3) is 10.0 Å². The molecule has 0 saturated carbocycles. The van der Waals surface area contributed by atoms with E-state index in [1.54, 1.807) is 24.3 Å². The summed E-state index contributed by atoms with van der Waals surface area (Å²) in [5.74, 6) is -0.395. The highest BCUT2D eigenvalue weighted by molar-refractivity contribution is 7.92. The van der Waals surface area contributed by atoms with Crippen molar-refractivity contribution >= 4 is 38.8 Å². The van der Waals surface area contributed by atoms with Crippen LogP contribution in [0.5, 0.6) is 0 Å². The van der Waals surface area contributed by atoms with Crippen LogP contribution in [-0.2, 0) is 21.2 Å². The second kappa shape index (κ2) is 6.93. The number of nitrogens with zero attached hydrogens (tertiary/aromatic N) is 1. The number of halogens is 1. The summed E-state index contributed by atoms with van der Waals surface area (Å²) in [7, 11) is -3.85. The average Bonchev–Trinajstić information content (AvgIpc) is 3.02. The van der Waals surface area contributed by atoms with Crippen molar-refractivity contribution in [1.29, 1.82) is 0 Å². The smallest absolute Gasteiger partial charge is 0.263 e. The van der Waals surface area contributed by atoms with Crippen LogP contribution in [0.1, 0.15) is 5.56 Å². The number of aromatic nitrogens is 1. The molecule has 0 saturated heterocycles. The Bertz CT molecular complexity index is 1160. The molecule has 4 rings (SSSR count). The van der Waals surface area contributed by atoms with Crippen LogP contribution in [0.4, 0.5) is 27.3 Å². The first-order valence-electron chi connectivity index (χ1n) is 8.33. The maximum Gasteiger partial charge on any atom is 0.263 e. The molecular formula is C19H15FN4O3S. The van der Waals surface area contributed by atoms with Gasteiger partial charge >= 0.3 is 0 Å². The third kappa shape index (κ3) is 3.79. The highest BCUT2D eigenvalue weighted by Gasteiger charge is 2.22. The molecule has 7 nitrogen and oxygen atoms in total. The lowest BCUT2D eigenvalue weighted by molar-refractivity contribution is -0.115. The van der Waals surface area contributed by atoms with Gasteiger partial charge in [0.2, 0.25) is 5.91 Å². The number of amides is 1. The van der Waals surface area contributed by atoms with Crippen molar-refractivity contribution in [3.63, 3.8) is 0 Å². The SMILES string of the molecule is O=C1Cc2cc(S(=O)(=O)Nc3ccc(Nc4cccc(F)c4)cn3)ccc2N1. The largest absolute Gasteiger partial charge is 0.354 e. The van der Waals surface area contributed by atoms with Gasteiger partial charge in [-0.2, -0.15) is 0 Å². The minimum absolute atomic E-state index is 0.0477. The van der Waals surface area contributed by atoms with Gasteiger partial charge in [-0.25, -0.2) is 17.8 Å². The monoisotopic (exact) mass is 398 g/mol. The minimum atomic E-state index is -3.85. The van der Waals surface area contributed by atoms with Crippen LogP contribution < -0.4 is 15.4 Å². The van der Waals surface area contributed by atoms with Crippen LogP contribution >= 0.6 is 0 Å². The van der Waals surface area contributed by atoms with E-state index in [2.05, 4.69) is 20.3 Å². The molecule has 0 radical (unpaired) electrons. The zero-order chi connectivity index (χ0) is 19.7. The van der Waals surface area contributed by atoms with Gasteiger partial charge in [-0.3, -0.25) is 9.52 Å². The number of pyridine rings is 1. The molecule has 0 unspecified atom stereocenters. The van der Waals surface area contributed by atoms with Gasteiger partial charge in [0.05, 0.1) is 23.2 Å². The van der Waals surface area contributed by atoms with Crippen LogP contribution in [0.3, 0.4) is 0 Å². The van der Waals surface area contributed by atoms with E-state index in [0.29, 0.717) is 22.6 Å². The Labute approximate surface area is 160 Å². The predicted octanol–water partition coefficient (Wildman–Crippen LogP) is 3.26. The minimum Gasteiger partial charge on any atom is -0.354 e. The summed E-state index contributed by atoms with van der Waals surface area (Å²) in [6.07, 6.45) is 1.59. The van der Waals surface area contributed by atoms with Crippen molar-refractivity contribution in [3.8, 4) is 0 Å². The van der Waals surface area contributed by atoms with Crippen molar-refractivity contribution in [2.75, 3.05) is 15.4 Å². The molecule has 1 aliphatic heterocycles. The maximum absolute atomic E-state index is 13.2. The van der Waals surface area contributed by atoms with E-state index < -0.39 is 10.0 Å². The highest BCUT2D eigenvalue weighted by Crippen LogP contribution is 2.27. The lowest BCUT2D eigenvalue weighted by Gasteiger charge is -2.10. The first-order chi connectivity index (χ1) is 13.4. The summed E-state index contributed by atoms with van der Waals surface area (Å²) < 4.78 is 40.8. The fourth-order valence-electron chi connectivity index (χ4n) is 2.83. The number of sulfonamides is 1. The fourth-order valence-corrected chi connectivity index (χ4v) is 3.89. The van der Waals surface area contributed by atoms with Crippen molar-refractivity contribution in [2.45, 2.75) is 11.3 Å². The number of carbonyl (C=O) groups is 1. The number of anilines is 4. The van der Waals surface area contributed by atoms with E-state index in [4.69, 9.17) is 0 Å². The van der Waals surface area contributed by atoms with Crippen molar-refractivity contribution in [3.05, 3.63) is 72.2 Å². The Morgan fingerprint density at radius 1 is 1.04 bits per heavy atom. The van der Waals surface area contributed by atoms with Gasteiger partial charge in [-0.05, 0) is 54.1 Å². The Kier molecular flexibility index (Phi) is 4.44. The van der Waals surface area contributed by atoms with Crippen LogP contribution in [-0.4, -0.2) is 19.3 Å². The van der Waals surface area contributed by atoms with E-state index in [1.165, 1.54) is 36.5 Å². The van der Waals surface area contributed by atoms with E-state index in [-0.39, 0.29) is 28.9 Å². The molecule has 1 amide bonds. The Hall–Kier alpha value is -3.46. The first kappa shape index (κ1) is 17.9. The molecule has 0 atom stereocenters. The van der Waals surface area contributed by atoms with Crippen molar-refractivity contribution < 1.29 is 17.6 Å². The Morgan fingerprint density at radius 3 is 2.64 bits per heavy atom. The molecule has 0 aliphatic carbocycles. The summed E-state index contributed by atoms with van der Waals surface area (Å²) in [6.45, 7) is 0. The molecule has 9 heteroatoms. The van der Waals surface area contributed by atoms with Gasteiger partial charge in [0.15, 0.2) is 0 Å². The molecule has 2 heterocycles. The normalized spacial score (nSPS) is 13.0. The third-order valence-corrected chi connectivity index (χ3v) is 5.48. The summed E-state index contributed by atoms with van der Waals surface area (Å²) in [5.41, 5.74) is 2.39. The quantitative estimate of drug-likeness (QED) is 0.613. The lowest BCUT2D eigenvalue weighted by Crippen LogP contribution is -2.14. The standard InChI is InChI=1S/C19H15FN4O3S/c20-13-2-1-3-14(10-13)22-15-4-7-18(21-11-15)24-28(26,27)16-5-6-17-12(8-16)9-19(25)23-17/h1-8,10-11,22H,9H2,(H,21,24)(H,23,25). The van der Waals surface area contributed by atoms with Gasteiger partial charge in [0, 0.05) is 11.4 Å². The molecule has 1 aromatic heterocycles. The van der Waals surface area contributed by atoms with E-state index in [1.807, 2.05) is 0 Å². The molecule has 0 bridgehead atoms. The molecule has 0 spiro atoms. The number of hydrogen-bond donors (Lipinski definition) is 3. The zero-order valence-corrected chi connectivity index (χ0v) is 15.3. The molecule has 3 N–H and O–H groups in total. The topological polar surface area (TPSA) is 100 Å². The first-order valence-corrected chi connectivity index (χ1v) is 9.82. The summed E-state index contributed by atoms with van der Waals surface area (Å²) >= 11 is 0. The molecule has 28 heavy (non-hydrogen) atoms. The lowest BCUT2D eigenvalue weighted by atomic mass is 10.2. The Morgan fingerprint density at radius 2 is 1.89 bits per heavy atom. The predicted molar refractivity (Wildman–Crippen MR) is 104 cm³/mol. The number of fused-ring (bicyclic) bond motifs is 1. The second-order valence-electron chi connectivity index (χ2n) is 6.22. The van der Waals surface area contributed by atoms with Gasteiger partial charge < -0.3 is 10.6 Å². The Balaban J connectivity index is 1.49. The number of hydrogen-bond acceptors (Lipinski definition) is 5. The average molecular weight is 398 g/mol. The summed E-state index contributed by atoms with van der Waals surface area (Å²) in [5, 5.41) is 5.64.